The number of hydrogen-bond acceptors (Lipinski definition) is 4. The summed E-state index contributed by atoms with van der Waals surface area (Å²) in [5, 5.41) is 27.1. The second-order valence-electron chi connectivity index (χ2n) is 5.47. The fourth-order valence-corrected chi connectivity index (χ4v) is 2.25. The number of carboxylic acids is 2. The van der Waals surface area contributed by atoms with E-state index >= 15 is 0 Å². The summed E-state index contributed by atoms with van der Waals surface area (Å²) in [6.45, 7) is 1.58. The Morgan fingerprint density at radius 1 is 0.905 bits per heavy atom. The quantitative estimate of drug-likeness (QED) is 0.450. The highest BCUT2D eigenvalue weighted by Gasteiger charge is 2.27. The molecule has 0 spiro atoms. The van der Waals surface area contributed by atoms with E-state index in [1.807, 2.05) is 0 Å². The van der Waals surface area contributed by atoms with Crippen molar-refractivity contribution in [1.82, 2.24) is 0 Å². The van der Waals surface area contributed by atoms with Crippen LogP contribution in [0.3, 0.4) is 0 Å². The molecule has 0 heterocycles. The van der Waals surface area contributed by atoms with Crippen LogP contribution in [0.2, 0.25) is 0 Å². The second kappa shape index (κ2) is 11.3. The fraction of sp³-hybridized carbons (Fsp3) is 0.800. The van der Waals surface area contributed by atoms with Crippen molar-refractivity contribution in [1.29, 1.82) is 0 Å². The van der Waals surface area contributed by atoms with E-state index in [9.17, 15) is 19.5 Å². The summed E-state index contributed by atoms with van der Waals surface area (Å²) in [5.41, 5.74) is 0. The third-order valence-corrected chi connectivity index (χ3v) is 3.46. The minimum absolute atomic E-state index is 0.201. The predicted molar refractivity (Wildman–Crippen MR) is 77.0 cm³/mol. The number of ketones is 1. The van der Waals surface area contributed by atoms with Gasteiger partial charge in [0, 0.05) is 6.42 Å². The van der Waals surface area contributed by atoms with E-state index in [0.29, 0.717) is 12.8 Å². The van der Waals surface area contributed by atoms with Crippen molar-refractivity contribution in [3.8, 4) is 0 Å². The Morgan fingerprint density at radius 3 is 1.90 bits per heavy atom. The molecule has 6 nitrogen and oxygen atoms in total. The van der Waals surface area contributed by atoms with Crippen molar-refractivity contribution >= 4 is 17.7 Å². The zero-order chi connectivity index (χ0) is 16.3. The third kappa shape index (κ3) is 11.0. The molecule has 0 saturated heterocycles. The summed E-state index contributed by atoms with van der Waals surface area (Å²) >= 11 is 0. The molecule has 0 unspecified atom stereocenters. The first-order valence-electron chi connectivity index (χ1n) is 7.46. The lowest BCUT2D eigenvalue weighted by atomic mass is 9.93. The molecular weight excluding hydrogens is 276 g/mol. The zero-order valence-corrected chi connectivity index (χ0v) is 12.6. The van der Waals surface area contributed by atoms with Crippen molar-refractivity contribution in [3.05, 3.63) is 0 Å². The molecule has 0 aliphatic carbocycles. The number of carbonyl (C=O) groups excluding carboxylic acids is 1. The lowest BCUT2D eigenvalue weighted by Crippen LogP contribution is -2.30. The topological polar surface area (TPSA) is 112 Å². The Hall–Kier alpha value is -1.43. The van der Waals surface area contributed by atoms with Crippen LogP contribution in [0.5, 0.6) is 0 Å². The Morgan fingerprint density at radius 2 is 1.43 bits per heavy atom. The summed E-state index contributed by atoms with van der Waals surface area (Å²) < 4.78 is 0. The van der Waals surface area contributed by atoms with Gasteiger partial charge in [-0.1, -0.05) is 32.1 Å². The maximum Gasteiger partial charge on any atom is 0.309 e. The van der Waals surface area contributed by atoms with E-state index in [1.54, 1.807) is 6.92 Å². The first-order valence-corrected chi connectivity index (χ1v) is 7.46. The van der Waals surface area contributed by atoms with E-state index in [1.165, 1.54) is 0 Å². The predicted octanol–water partition coefficient (Wildman–Crippen LogP) is 2.23. The number of carboxylic acid groups (broad SMARTS) is 2. The van der Waals surface area contributed by atoms with Crippen LogP contribution < -0.4 is 0 Å². The molecule has 0 aliphatic rings. The average molecular weight is 302 g/mol. The largest absolute Gasteiger partial charge is 0.481 e. The number of hydrogen-bond donors (Lipinski definition) is 3. The SMILES string of the molecule is CC(=O)CCCCCCCC[C@H](C(=O)O)[C@H](O)CC(=O)O. The zero-order valence-electron chi connectivity index (χ0n) is 12.6. The molecule has 0 fully saturated rings. The van der Waals surface area contributed by atoms with Crippen LogP contribution in [0.1, 0.15) is 64.7 Å². The molecule has 0 rings (SSSR count). The summed E-state index contributed by atoms with van der Waals surface area (Å²) in [4.78, 5) is 32.2. The highest BCUT2D eigenvalue weighted by molar-refractivity contribution is 5.75. The van der Waals surface area contributed by atoms with E-state index in [0.717, 1.165) is 32.1 Å². The molecule has 2 atom stereocenters. The van der Waals surface area contributed by atoms with Gasteiger partial charge >= 0.3 is 11.9 Å². The lowest BCUT2D eigenvalue weighted by molar-refractivity contribution is -0.148. The molecule has 6 heteroatoms. The molecule has 122 valence electrons. The van der Waals surface area contributed by atoms with Crippen LogP contribution in [0.15, 0.2) is 0 Å². The maximum absolute atomic E-state index is 11.0. The van der Waals surface area contributed by atoms with Crippen LogP contribution in [-0.2, 0) is 14.4 Å². The van der Waals surface area contributed by atoms with Gasteiger partial charge in [0.15, 0.2) is 0 Å². The summed E-state index contributed by atoms with van der Waals surface area (Å²) in [6, 6.07) is 0. The van der Waals surface area contributed by atoms with E-state index in [2.05, 4.69) is 0 Å². The van der Waals surface area contributed by atoms with Crippen LogP contribution in [0.25, 0.3) is 0 Å². The monoisotopic (exact) mass is 302 g/mol. The molecule has 21 heavy (non-hydrogen) atoms. The summed E-state index contributed by atoms with van der Waals surface area (Å²) in [6.07, 6.45) is 4.37. The van der Waals surface area contributed by atoms with Gasteiger partial charge in [-0.15, -0.1) is 0 Å². The Labute approximate surface area is 125 Å². The Kier molecular flexibility index (Phi) is 10.5. The summed E-state index contributed by atoms with van der Waals surface area (Å²) in [5.74, 6) is -3.16. The number of rotatable bonds is 13. The highest BCUT2D eigenvalue weighted by atomic mass is 16.4. The number of Topliss-reactive ketones (excluding diaryl/α,β-unsaturated/α-hetero) is 1. The molecule has 0 bridgehead atoms. The molecule has 0 amide bonds. The number of unbranched alkanes of at least 4 members (excludes halogenated alkanes) is 5. The van der Waals surface area contributed by atoms with Gasteiger partial charge in [-0.05, 0) is 19.8 Å². The first kappa shape index (κ1) is 19.6. The molecule has 0 aliphatic heterocycles. The minimum atomic E-state index is -1.34. The molecular formula is C15H26O6. The Bertz CT molecular complexity index is 339. The normalized spacial score (nSPS) is 13.6. The second-order valence-corrected chi connectivity index (χ2v) is 5.47. The first-order chi connectivity index (χ1) is 9.84. The van der Waals surface area contributed by atoms with Crippen molar-refractivity contribution in [3.63, 3.8) is 0 Å². The molecule has 0 aromatic carbocycles. The minimum Gasteiger partial charge on any atom is -0.481 e. The molecule has 0 aromatic heterocycles. The van der Waals surface area contributed by atoms with Gasteiger partial charge in [-0.2, -0.15) is 0 Å². The molecule has 0 aromatic rings. The van der Waals surface area contributed by atoms with Crippen LogP contribution in [-0.4, -0.2) is 39.1 Å². The van der Waals surface area contributed by atoms with Gasteiger partial charge in [0.1, 0.15) is 5.78 Å². The third-order valence-electron chi connectivity index (χ3n) is 3.46. The number of carbonyl (C=O) groups is 3. The number of aliphatic hydroxyl groups is 1. The van der Waals surface area contributed by atoms with Crippen LogP contribution in [0.4, 0.5) is 0 Å². The van der Waals surface area contributed by atoms with Crippen molar-refractivity contribution < 1.29 is 29.7 Å². The molecule has 0 radical (unpaired) electrons. The Balaban J connectivity index is 3.77. The van der Waals surface area contributed by atoms with E-state index in [4.69, 9.17) is 10.2 Å². The van der Waals surface area contributed by atoms with Crippen LogP contribution in [0, 0.1) is 5.92 Å². The van der Waals surface area contributed by atoms with Gasteiger partial charge < -0.3 is 20.1 Å². The standard InChI is InChI=1S/C15H26O6/c1-11(16)8-6-4-2-3-5-7-9-12(15(20)21)13(17)10-14(18)19/h12-13,17H,2-10H2,1H3,(H,18,19)(H,20,21)/t12-,13+/m0/s1. The van der Waals surface area contributed by atoms with Gasteiger partial charge in [0.05, 0.1) is 18.4 Å². The van der Waals surface area contributed by atoms with Gasteiger partial charge in [-0.3, -0.25) is 9.59 Å². The van der Waals surface area contributed by atoms with Crippen molar-refractivity contribution in [2.45, 2.75) is 70.8 Å². The van der Waals surface area contributed by atoms with E-state index in [-0.39, 0.29) is 12.2 Å². The van der Waals surface area contributed by atoms with E-state index < -0.39 is 30.4 Å². The number of aliphatic carboxylic acids is 2. The van der Waals surface area contributed by atoms with Gasteiger partial charge in [0.25, 0.3) is 0 Å². The molecule has 0 saturated carbocycles. The maximum atomic E-state index is 11.0. The van der Waals surface area contributed by atoms with Crippen LogP contribution >= 0.6 is 0 Å². The smallest absolute Gasteiger partial charge is 0.309 e. The molecule has 3 N–H and O–H groups in total. The number of aliphatic hydroxyl groups excluding tert-OH is 1. The highest BCUT2D eigenvalue weighted by Crippen LogP contribution is 2.18. The summed E-state index contributed by atoms with van der Waals surface area (Å²) in [7, 11) is 0. The van der Waals surface area contributed by atoms with Gasteiger partial charge in [-0.25, -0.2) is 0 Å². The lowest BCUT2D eigenvalue weighted by Gasteiger charge is -2.17. The average Bonchev–Trinajstić information content (AvgIpc) is 2.34. The van der Waals surface area contributed by atoms with Crippen molar-refractivity contribution in [2.75, 3.05) is 0 Å². The van der Waals surface area contributed by atoms with Crippen molar-refractivity contribution in [2.24, 2.45) is 5.92 Å². The van der Waals surface area contributed by atoms with Gasteiger partial charge in [0.2, 0.25) is 0 Å². The fourth-order valence-electron chi connectivity index (χ4n) is 2.25.